The highest BCUT2D eigenvalue weighted by Crippen LogP contribution is 2.22. The molecular weight excluding hydrogens is 380 g/mol. The standard InChI is InChI=1S/C17H17ClN2OS3/c1-11-3-5-13-14(9-11)24-17(20(13)7-8-22-2)19-16(21)10-12-4-6-15(18)23-12/h3-6,9H,7-8,10H2,1-2H3. The highest BCUT2D eigenvalue weighted by molar-refractivity contribution is 7.98. The van der Waals surface area contributed by atoms with Gasteiger partial charge in [-0.2, -0.15) is 16.8 Å². The van der Waals surface area contributed by atoms with Gasteiger partial charge in [-0.05, 0) is 43.0 Å². The zero-order chi connectivity index (χ0) is 17.1. The fourth-order valence-electron chi connectivity index (χ4n) is 2.41. The summed E-state index contributed by atoms with van der Waals surface area (Å²) in [5, 5.41) is 0. The van der Waals surface area contributed by atoms with Gasteiger partial charge < -0.3 is 4.57 Å². The van der Waals surface area contributed by atoms with Crippen LogP contribution in [0.15, 0.2) is 35.3 Å². The predicted molar refractivity (Wildman–Crippen MR) is 107 cm³/mol. The summed E-state index contributed by atoms with van der Waals surface area (Å²) in [6.07, 6.45) is 2.38. The molecule has 0 atom stereocenters. The second-order valence-corrected chi connectivity index (χ2v) is 9.18. The van der Waals surface area contributed by atoms with E-state index in [-0.39, 0.29) is 5.91 Å². The van der Waals surface area contributed by atoms with Crippen LogP contribution in [0.25, 0.3) is 10.2 Å². The summed E-state index contributed by atoms with van der Waals surface area (Å²) < 4.78 is 4.02. The fourth-order valence-corrected chi connectivity index (χ4v) is 5.02. The summed E-state index contributed by atoms with van der Waals surface area (Å²) in [6.45, 7) is 2.93. The van der Waals surface area contributed by atoms with Crippen molar-refractivity contribution in [2.75, 3.05) is 12.0 Å². The van der Waals surface area contributed by atoms with Gasteiger partial charge in [-0.3, -0.25) is 4.79 Å². The molecule has 0 aliphatic rings. The van der Waals surface area contributed by atoms with Gasteiger partial charge in [-0.25, -0.2) is 0 Å². The molecule has 7 heteroatoms. The Morgan fingerprint density at radius 1 is 1.29 bits per heavy atom. The summed E-state index contributed by atoms with van der Waals surface area (Å²) in [7, 11) is 0. The number of thiophene rings is 1. The predicted octanol–water partition coefficient (Wildman–Crippen LogP) is 4.76. The smallest absolute Gasteiger partial charge is 0.253 e. The molecule has 126 valence electrons. The quantitative estimate of drug-likeness (QED) is 0.623. The van der Waals surface area contributed by atoms with Crippen molar-refractivity contribution in [3.8, 4) is 0 Å². The number of aryl methyl sites for hydroxylation is 2. The van der Waals surface area contributed by atoms with Crippen molar-refractivity contribution in [2.24, 2.45) is 4.99 Å². The minimum Gasteiger partial charge on any atom is -0.316 e. The Kier molecular flexibility index (Phi) is 5.81. The molecule has 0 N–H and O–H groups in total. The lowest BCUT2D eigenvalue weighted by Crippen LogP contribution is -2.18. The number of carbonyl (C=O) groups is 1. The Morgan fingerprint density at radius 2 is 2.12 bits per heavy atom. The van der Waals surface area contributed by atoms with Crippen molar-refractivity contribution >= 4 is 62.2 Å². The summed E-state index contributed by atoms with van der Waals surface area (Å²) in [4.78, 5) is 18.4. The number of halogens is 1. The number of benzene rings is 1. The summed E-state index contributed by atoms with van der Waals surface area (Å²) in [5.41, 5.74) is 2.36. The van der Waals surface area contributed by atoms with Gasteiger partial charge in [0, 0.05) is 17.2 Å². The molecular formula is C17H17ClN2OS3. The van der Waals surface area contributed by atoms with Crippen LogP contribution in [0.2, 0.25) is 4.34 Å². The molecule has 0 saturated carbocycles. The van der Waals surface area contributed by atoms with E-state index in [0.717, 1.165) is 27.5 Å². The SMILES string of the molecule is CSCCn1c(=NC(=O)Cc2ccc(Cl)s2)sc2cc(C)ccc21. The van der Waals surface area contributed by atoms with Crippen LogP contribution in [0.1, 0.15) is 10.4 Å². The molecule has 0 unspecified atom stereocenters. The van der Waals surface area contributed by atoms with E-state index in [0.29, 0.717) is 10.8 Å². The first-order valence-electron chi connectivity index (χ1n) is 7.47. The zero-order valence-electron chi connectivity index (χ0n) is 13.4. The molecule has 3 rings (SSSR count). The van der Waals surface area contributed by atoms with Crippen molar-refractivity contribution in [1.29, 1.82) is 0 Å². The van der Waals surface area contributed by atoms with Crippen LogP contribution in [0.5, 0.6) is 0 Å². The first kappa shape index (κ1) is 17.7. The molecule has 0 bridgehead atoms. The average molecular weight is 397 g/mol. The van der Waals surface area contributed by atoms with Crippen LogP contribution in [-0.2, 0) is 17.8 Å². The number of fused-ring (bicyclic) bond motifs is 1. The van der Waals surface area contributed by atoms with E-state index in [1.54, 1.807) is 23.1 Å². The summed E-state index contributed by atoms with van der Waals surface area (Å²) in [6, 6.07) is 10.1. The van der Waals surface area contributed by atoms with Gasteiger partial charge in [0.05, 0.1) is 21.0 Å². The number of thioether (sulfide) groups is 1. The summed E-state index contributed by atoms with van der Waals surface area (Å²) >= 11 is 10.7. The minimum atomic E-state index is -0.130. The number of thiazole rings is 1. The fraction of sp³-hybridized carbons (Fsp3) is 0.294. The molecule has 1 aromatic carbocycles. The molecule has 0 aliphatic carbocycles. The molecule has 3 nitrogen and oxygen atoms in total. The Labute approximate surface area is 158 Å². The number of nitrogens with zero attached hydrogens (tertiary/aromatic N) is 2. The van der Waals surface area contributed by atoms with Gasteiger partial charge >= 0.3 is 0 Å². The highest BCUT2D eigenvalue weighted by atomic mass is 35.5. The summed E-state index contributed by atoms with van der Waals surface area (Å²) in [5.74, 6) is 0.858. The van der Waals surface area contributed by atoms with Crippen LogP contribution in [0.3, 0.4) is 0 Å². The number of hydrogen-bond acceptors (Lipinski definition) is 4. The number of amides is 1. The maximum Gasteiger partial charge on any atom is 0.253 e. The van der Waals surface area contributed by atoms with Gasteiger partial charge in [-0.1, -0.05) is 29.0 Å². The van der Waals surface area contributed by atoms with E-state index >= 15 is 0 Å². The lowest BCUT2D eigenvalue weighted by molar-refractivity contribution is -0.117. The second-order valence-electron chi connectivity index (χ2n) is 5.39. The van der Waals surface area contributed by atoms with E-state index < -0.39 is 0 Å². The second kappa shape index (κ2) is 7.87. The van der Waals surface area contributed by atoms with Crippen molar-refractivity contribution < 1.29 is 4.79 Å². The Bertz CT molecular complexity index is 939. The monoisotopic (exact) mass is 396 g/mol. The molecule has 24 heavy (non-hydrogen) atoms. The van der Waals surface area contributed by atoms with E-state index in [9.17, 15) is 4.79 Å². The molecule has 0 radical (unpaired) electrons. The lowest BCUT2D eigenvalue weighted by Gasteiger charge is -2.03. The van der Waals surface area contributed by atoms with Gasteiger partial charge in [-0.15, -0.1) is 11.3 Å². The maximum absolute atomic E-state index is 12.3. The normalized spacial score (nSPS) is 12.2. The first-order chi connectivity index (χ1) is 11.6. The number of carbonyl (C=O) groups excluding carboxylic acids is 1. The molecule has 1 amide bonds. The topological polar surface area (TPSA) is 34.4 Å². The lowest BCUT2D eigenvalue weighted by atomic mass is 10.2. The van der Waals surface area contributed by atoms with Gasteiger partial charge in [0.15, 0.2) is 4.80 Å². The zero-order valence-corrected chi connectivity index (χ0v) is 16.6. The Morgan fingerprint density at radius 3 is 2.83 bits per heavy atom. The van der Waals surface area contributed by atoms with E-state index in [1.165, 1.54) is 21.6 Å². The third-order valence-electron chi connectivity index (χ3n) is 3.53. The molecule has 2 heterocycles. The number of aromatic nitrogens is 1. The minimum absolute atomic E-state index is 0.130. The van der Waals surface area contributed by atoms with Crippen LogP contribution in [-0.4, -0.2) is 22.5 Å². The number of rotatable bonds is 5. The molecule has 0 aliphatic heterocycles. The van der Waals surface area contributed by atoms with Crippen LogP contribution >= 0.6 is 46.0 Å². The Hall–Kier alpha value is -1.08. The van der Waals surface area contributed by atoms with Crippen molar-refractivity contribution in [2.45, 2.75) is 19.9 Å². The van der Waals surface area contributed by atoms with Crippen molar-refractivity contribution in [3.63, 3.8) is 0 Å². The van der Waals surface area contributed by atoms with Crippen LogP contribution < -0.4 is 4.80 Å². The van der Waals surface area contributed by atoms with E-state index in [2.05, 4.69) is 40.9 Å². The van der Waals surface area contributed by atoms with Gasteiger partial charge in [0.2, 0.25) is 0 Å². The molecule has 0 fully saturated rings. The van der Waals surface area contributed by atoms with E-state index in [4.69, 9.17) is 11.6 Å². The van der Waals surface area contributed by atoms with Crippen LogP contribution in [0, 0.1) is 6.92 Å². The third-order valence-corrected chi connectivity index (χ3v) is 6.40. The van der Waals surface area contributed by atoms with Gasteiger partial charge in [0.1, 0.15) is 0 Å². The first-order valence-corrected chi connectivity index (χ1v) is 10.9. The molecule has 0 spiro atoms. The third kappa shape index (κ3) is 4.11. The largest absolute Gasteiger partial charge is 0.316 e. The van der Waals surface area contributed by atoms with Gasteiger partial charge in [0.25, 0.3) is 5.91 Å². The van der Waals surface area contributed by atoms with Crippen molar-refractivity contribution in [3.05, 3.63) is 49.9 Å². The molecule has 0 saturated heterocycles. The van der Waals surface area contributed by atoms with E-state index in [1.807, 2.05) is 12.1 Å². The molecule has 2 aromatic heterocycles. The van der Waals surface area contributed by atoms with Crippen LogP contribution in [0.4, 0.5) is 0 Å². The average Bonchev–Trinajstić information content (AvgIpc) is 3.08. The van der Waals surface area contributed by atoms with Crippen molar-refractivity contribution in [1.82, 2.24) is 4.57 Å². The highest BCUT2D eigenvalue weighted by Gasteiger charge is 2.09. The molecule has 3 aromatic rings. The number of hydrogen-bond donors (Lipinski definition) is 0. The maximum atomic E-state index is 12.3. The Balaban J connectivity index is 1.98.